The fourth-order valence-electron chi connectivity index (χ4n) is 2.55. The number of nitrogens with zero attached hydrogens (tertiary/aromatic N) is 2. The number of nitrogens with one attached hydrogen (secondary N) is 1. The quantitative estimate of drug-likeness (QED) is 0.364. The van der Waals surface area contributed by atoms with E-state index in [1.807, 2.05) is 30.3 Å². The minimum absolute atomic E-state index is 0.531. The van der Waals surface area contributed by atoms with Gasteiger partial charge in [0.25, 0.3) is 0 Å². The molecule has 1 heterocycles. The maximum atomic E-state index is 5.64. The Morgan fingerprint density at radius 2 is 2.11 bits per heavy atom. The van der Waals surface area contributed by atoms with Crippen LogP contribution in [0, 0.1) is 5.92 Å². The lowest BCUT2D eigenvalue weighted by Crippen LogP contribution is -2.48. The van der Waals surface area contributed by atoms with Gasteiger partial charge in [-0.2, -0.15) is 0 Å². The molecule has 0 spiro atoms. The number of rotatable bonds is 2. The molecule has 0 aliphatic carbocycles. The largest absolute Gasteiger partial charge is 0.338 e. The Labute approximate surface area is 109 Å². The van der Waals surface area contributed by atoms with Crippen LogP contribution in [0.5, 0.6) is 0 Å². The highest BCUT2D eigenvalue weighted by Gasteiger charge is 2.29. The molecule has 4 heteroatoms. The number of hydrogen-bond acceptors (Lipinski definition) is 2. The van der Waals surface area contributed by atoms with Gasteiger partial charge in [-0.1, -0.05) is 32.0 Å². The smallest absolute Gasteiger partial charge is 0.213 e. The zero-order chi connectivity index (χ0) is 13.0. The summed E-state index contributed by atoms with van der Waals surface area (Å²) >= 11 is 0. The van der Waals surface area contributed by atoms with Gasteiger partial charge in [-0.15, -0.1) is 0 Å². The molecule has 98 valence electrons. The van der Waals surface area contributed by atoms with Crippen molar-refractivity contribution < 1.29 is 0 Å². The van der Waals surface area contributed by atoms with Crippen LogP contribution in [0.4, 0.5) is 5.69 Å². The molecule has 1 aliphatic rings. The van der Waals surface area contributed by atoms with Crippen molar-refractivity contribution in [2.45, 2.75) is 32.7 Å². The minimum atomic E-state index is 0.531. The molecule has 1 fully saturated rings. The molecule has 1 atom stereocenters. The van der Waals surface area contributed by atoms with Crippen molar-refractivity contribution in [3.63, 3.8) is 0 Å². The average molecular weight is 246 g/mol. The van der Waals surface area contributed by atoms with E-state index in [2.05, 4.69) is 29.2 Å². The molecule has 0 saturated carbocycles. The zero-order valence-electron chi connectivity index (χ0n) is 11.1. The van der Waals surface area contributed by atoms with Crippen LogP contribution in [0.15, 0.2) is 35.3 Å². The second kappa shape index (κ2) is 5.87. The number of hydrogen-bond donors (Lipinski definition) is 2. The van der Waals surface area contributed by atoms with Crippen molar-refractivity contribution in [3.8, 4) is 0 Å². The second-order valence-corrected chi connectivity index (χ2v) is 5.06. The molecule has 0 amide bonds. The fraction of sp³-hybridized carbons (Fsp3) is 0.500. The Balaban J connectivity index is 2.20. The number of benzene rings is 1. The monoisotopic (exact) mass is 246 g/mol. The van der Waals surface area contributed by atoms with Crippen molar-refractivity contribution in [3.05, 3.63) is 30.3 Å². The lowest BCUT2D eigenvalue weighted by atomic mass is 10.0. The SMILES string of the molecule is CC(C)C1CCCN1C(=Nc1ccccc1)NN. The number of guanidine groups is 1. The molecule has 0 bridgehead atoms. The van der Waals surface area contributed by atoms with E-state index < -0.39 is 0 Å². The van der Waals surface area contributed by atoms with Crippen LogP contribution in [0.1, 0.15) is 26.7 Å². The summed E-state index contributed by atoms with van der Waals surface area (Å²) in [5.74, 6) is 7.03. The zero-order valence-corrected chi connectivity index (χ0v) is 11.1. The Kier molecular flexibility index (Phi) is 4.20. The molecule has 18 heavy (non-hydrogen) atoms. The minimum Gasteiger partial charge on any atom is -0.338 e. The summed E-state index contributed by atoms with van der Waals surface area (Å²) in [6, 6.07) is 10.5. The van der Waals surface area contributed by atoms with E-state index in [1.54, 1.807) is 0 Å². The average Bonchev–Trinajstić information content (AvgIpc) is 2.86. The third kappa shape index (κ3) is 2.82. The van der Waals surface area contributed by atoms with Crippen LogP contribution >= 0.6 is 0 Å². The van der Waals surface area contributed by atoms with Gasteiger partial charge in [0, 0.05) is 12.6 Å². The first-order valence-electron chi connectivity index (χ1n) is 6.59. The van der Waals surface area contributed by atoms with Gasteiger partial charge in [0.15, 0.2) is 0 Å². The highest BCUT2D eigenvalue weighted by molar-refractivity contribution is 5.82. The van der Waals surface area contributed by atoms with E-state index in [9.17, 15) is 0 Å². The van der Waals surface area contributed by atoms with Crippen molar-refractivity contribution in [2.75, 3.05) is 6.54 Å². The fourth-order valence-corrected chi connectivity index (χ4v) is 2.55. The van der Waals surface area contributed by atoms with E-state index in [4.69, 9.17) is 5.84 Å². The van der Waals surface area contributed by atoms with Crippen molar-refractivity contribution in [2.24, 2.45) is 16.8 Å². The van der Waals surface area contributed by atoms with Gasteiger partial charge < -0.3 is 4.90 Å². The summed E-state index contributed by atoms with van der Waals surface area (Å²) in [6.45, 7) is 5.53. The summed E-state index contributed by atoms with van der Waals surface area (Å²) < 4.78 is 0. The molecule has 1 aromatic carbocycles. The lowest BCUT2D eigenvalue weighted by Gasteiger charge is -2.29. The van der Waals surface area contributed by atoms with Crippen molar-refractivity contribution in [1.82, 2.24) is 10.3 Å². The molecule has 1 aromatic rings. The first kappa shape index (κ1) is 12.9. The number of para-hydroxylation sites is 1. The lowest BCUT2D eigenvalue weighted by molar-refractivity contribution is 0.301. The van der Waals surface area contributed by atoms with Crippen molar-refractivity contribution in [1.29, 1.82) is 0 Å². The number of aliphatic imine (C=N–C) groups is 1. The number of hydrazine groups is 1. The molecule has 1 saturated heterocycles. The van der Waals surface area contributed by atoms with Gasteiger partial charge in [-0.25, -0.2) is 10.8 Å². The number of likely N-dealkylation sites (tertiary alicyclic amines) is 1. The van der Waals surface area contributed by atoms with Gasteiger partial charge in [0.1, 0.15) is 0 Å². The molecule has 2 rings (SSSR count). The molecular weight excluding hydrogens is 224 g/mol. The Bertz CT molecular complexity index is 400. The highest BCUT2D eigenvalue weighted by atomic mass is 15.4. The molecular formula is C14H22N4. The van der Waals surface area contributed by atoms with Gasteiger partial charge in [-0.3, -0.25) is 5.43 Å². The summed E-state index contributed by atoms with van der Waals surface area (Å²) in [4.78, 5) is 6.89. The standard InChI is InChI=1S/C14H22N4/c1-11(2)13-9-6-10-18(13)14(17-15)16-12-7-4-3-5-8-12/h3-5,7-8,11,13H,6,9-10,15H2,1-2H3,(H,16,17). The Morgan fingerprint density at radius 1 is 1.39 bits per heavy atom. The van der Waals surface area contributed by atoms with Crippen LogP contribution in [-0.4, -0.2) is 23.4 Å². The first-order valence-corrected chi connectivity index (χ1v) is 6.59. The highest BCUT2D eigenvalue weighted by Crippen LogP contribution is 2.24. The van der Waals surface area contributed by atoms with E-state index >= 15 is 0 Å². The molecule has 1 unspecified atom stereocenters. The summed E-state index contributed by atoms with van der Waals surface area (Å²) in [5, 5.41) is 0. The van der Waals surface area contributed by atoms with Gasteiger partial charge in [0.05, 0.1) is 5.69 Å². The maximum absolute atomic E-state index is 5.64. The second-order valence-electron chi connectivity index (χ2n) is 5.06. The topological polar surface area (TPSA) is 53.6 Å². The number of nitrogens with two attached hydrogens (primary N) is 1. The Morgan fingerprint density at radius 3 is 2.72 bits per heavy atom. The predicted octanol–water partition coefficient (Wildman–Crippen LogP) is 2.26. The van der Waals surface area contributed by atoms with Crippen LogP contribution in [0.3, 0.4) is 0 Å². The van der Waals surface area contributed by atoms with Gasteiger partial charge in [-0.05, 0) is 30.9 Å². The predicted molar refractivity (Wildman–Crippen MR) is 75.4 cm³/mol. The van der Waals surface area contributed by atoms with Crippen LogP contribution < -0.4 is 11.3 Å². The van der Waals surface area contributed by atoms with Crippen molar-refractivity contribution >= 4 is 11.6 Å². The normalized spacial score (nSPS) is 20.6. The third-order valence-corrected chi connectivity index (χ3v) is 3.46. The summed E-state index contributed by atoms with van der Waals surface area (Å²) in [6.07, 6.45) is 2.42. The summed E-state index contributed by atoms with van der Waals surface area (Å²) in [7, 11) is 0. The van der Waals surface area contributed by atoms with Crippen LogP contribution in [-0.2, 0) is 0 Å². The molecule has 0 aromatic heterocycles. The van der Waals surface area contributed by atoms with E-state index in [0.717, 1.165) is 18.2 Å². The molecule has 0 radical (unpaired) electrons. The van der Waals surface area contributed by atoms with E-state index in [0.29, 0.717) is 12.0 Å². The van der Waals surface area contributed by atoms with Crippen LogP contribution in [0.25, 0.3) is 0 Å². The third-order valence-electron chi connectivity index (χ3n) is 3.46. The molecule has 1 aliphatic heterocycles. The van der Waals surface area contributed by atoms with E-state index in [-0.39, 0.29) is 0 Å². The summed E-state index contributed by atoms with van der Waals surface area (Å²) in [5.41, 5.74) is 3.68. The van der Waals surface area contributed by atoms with Gasteiger partial charge in [0.2, 0.25) is 5.96 Å². The Hall–Kier alpha value is -1.55. The molecule has 3 N–H and O–H groups in total. The van der Waals surface area contributed by atoms with Gasteiger partial charge >= 0.3 is 0 Å². The van der Waals surface area contributed by atoms with Crippen LogP contribution in [0.2, 0.25) is 0 Å². The molecule has 4 nitrogen and oxygen atoms in total. The first-order chi connectivity index (χ1) is 8.72. The van der Waals surface area contributed by atoms with E-state index in [1.165, 1.54) is 12.8 Å². The maximum Gasteiger partial charge on any atom is 0.213 e.